The zero-order chi connectivity index (χ0) is 15.4. The van der Waals surface area contributed by atoms with Crippen molar-refractivity contribution in [3.8, 4) is 5.69 Å². The second-order valence-corrected chi connectivity index (χ2v) is 5.08. The second-order valence-electron chi connectivity index (χ2n) is 4.31. The Labute approximate surface area is 127 Å². The van der Waals surface area contributed by atoms with Crippen LogP contribution in [0.1, 0.15) is 22.8 Å². The minimum atomic E-state index is -0.648. The Morgan fingerprint density at radius 1 is 1.38 bits per heavy atom. The van der Waals surface area contributed by atoms with Crippen molar-refractivity contribution < 1.29 is 9.53 Å². The van der Waals surface area contributed by atoms with Gasteiger partial charge in [-0.15, -0.1) is 0 Å². The van der Waals surface area contributed by atoms with Crippen molar-refractivity contribution in [2.45, 2.75) is 19.0 Å². The summed E-state index contributed by atoms with van der Waals surface area (Å²) in [7, 11) is 0. The first-order chi connectivity index (χ1) is 10.1. The van der Waals surface area contributed by atoms with Crippen LogP contribution >= 0.6 is 11.8 Å². The summed E-state index contributed by atoms with van der Waals surface area (Å²) in [6.07, 6.45) is 3.11. The summed E-state index contributed by atoms with van der Waals surface area (Å²) >= 11 is 1.35. The van der Waals surface area contributed by atoms with Crippen LogP contribution in [0.25, 0.3) is 5.69 Å². The fourth-order valence-corrected chi connectivity index (χ4v) is 2.48. The van der Waals surface area contributed by atoms with Crippen molar-refractivity contribution in [2.75, 3.05) is 12.9 Å². The maximum absolute atomic E-state index is 12.6. The average Bonchev–Trinajstić information content (AvgIpc) is 2.48. The summed E-state index contributed by atoms with van der Waals surface area (Å²) < 4.78 is 6.35. The number of thioether (sulfide) groups is 1. The third-order valence-electron chi connectivity index (χ3n) is 2.96. The molecule has 0 aliphatic rings. The third-order valence-corrected chi connectivity index (χ3v) is 3.62. The van der Waals surface area contributed by atoms with E-state index in [0.717, 1.165) is 5.56 Å². The van der Waals surface area contributed by atoms with Crippen LogP contribution in [0, 0.1) is 6.92 Å². The highest BCUT2D eigenvalue weighted by Gasteiger charge is 2.18. The van der Waals surface area contributed by atoms with Gasteiger partial charge in [-0.2, -0.15) is 0 Å². The van der Waals surface area contributed by atoms with Crippen molar-refractivity contribution in [1.82, 2.24) is 9.55 Å². The van der Waals surface area contributed by atoms with Crippen molar-refractivity contribution in [3.63, 3.8) is 0 Å². The molecule has 6 heteroatoms. The Morgan fingerprint density at radius 3 is 2.71 bits per heavy atom. The van der Waals surface area contributed by atoms with Crippen LogP contribution in [0.2, 0.25) is 0 Å². The highest BCUT2D eigenvalue weighted by atomic mass is 32.2. The molecule has 2 rings (SSSR count). The van der Waals surface area contributed by atoms with Crippen LogP contribution in [0.3, 0.4) is 0 Å². The number of esters is 1. The van der Waals surface area contributed by atoms with Crippen molar-refractivity contribution in [3.05, 3.63) is 51.9 Å². The Hall–Kier alpha value is -2.08. The van der Waals surface area contributed by atoms with E-state index in [2.05, 4.69) is 4.98 Å². The van der Waals surface area contributed by atoms with Crippen molar-refractivity contribution in [2.24, 2.45) is 0 Å². The zero-order valence-corrected chi connectivity index (χ0v) is 12.9. The number of hydrogen-bond donors (Lipinski definition) is 0. The van der Waals surface area contributed by atoms with Crippen LogP contribution in [0.5, 0.6) is 0 Å². The number of carbonyl (C=O) groups excluding carboxylic acids is 1. The normalized spacial score (nSPS) is 10.4. The van der Waals surface area contributed by atoms with Gasteiger partial charge in [0.2, 0.25) is 0 Å². The van der Waals surface area contributed by atoms with Gasteiger partial charge in [-0.1, -0.05) is 30.0 Å². The predicted octanol–water partition coefficient (Wildman–Crippen LogP) is 2.44. The van der Waals surface area contributed by atoms with Crippen molar-refractivity contribution >= 4 is 17.7 Å². The summed E-state index contributed by atoms with van der Waals surface area (Å²) in [5.41, 5.74) is 1.17. The molecule has 0 bridgehead atoms. The lowest BCUT2D eigenvalue weighted by atomic mass is 10.2. The van der Waals surface area contributed by atoms with E-state index in [1.807, 2.05) is 37.4 Å². The number of aromatic nitrogens is 2. The number of carbonyl (C=O) groups is 1. The van der Waals surface area contributed by atoms with Gasteiger partial charge in [0.15, 0.2) is 5.16 Å². The lowest BCUT2D eigenvalue weighted by Crippen LogP contribution is -2.28. The molecule has 21 heavy (non-hydrogen) atoms. The van der Waals surface area contributed by atoms with Crippen LogP contribution in [-0.2, 0) is 4.74 Å². The molecule has 0 spiro atoms. The summed E-state index contributed by atoms with van der Waals surface area (Å²) in [4.78, 5) is 28.7. The number of benzene rings is 1. The summed E-state index contributed by atoms with van der Waals surface area (Å²) in [5, 5.41) is 0.530. The first kappa shape index (κ1) is 15.3. The zero-order valence-electron chi connectivity index (χ0n) is 12.1. The van der Waals surface area contributed by atoms with E-state index in [4.69, 9.17) is 4.74 Å². The number of para-hydroxylation sites is 1. The van der Waals surface area contributed by atoms with Gasteiger partial charge in [0, 0.05) is 0 Å². The Balaban J connectivity index is 2.69. The van der Waals surface area contributed by atoms with E-state index in [1.165, 1.54) is 22.5 Å². The molecule has 0 fully saturated rings. The monoisotopic (exact) mass is 304 g/mol. The Bertz CT molecular complexity index is 725. The lowest BCUT2D eigenvalue weighted by molar-refractivity contribution is 0.0523. The van der Waals surface area contributed by atoms with Gasteiger partial charge in [-0.05, 0) is 31.7 Å². The van der Waals surface area contributed by atoms with E-state index >= 15 is 0 Å². The van der Waals surface area contributed by atoms with Crippen LogP contribution < -0.4 is 5.56 Å². The van der Waals surface area contributed by atoms with Gasteiger partial charge in [0.25, 0.3) is 5.56 Å². The molecule has 0 unspecified atom stereocenters. The highest BCUT2D eigenvalue weighted by molar-refractivity contribution is 7.98. The number of hydrogen-bond acceptors (Lipinski definition) is 5. The van der Waals surface area contributed by atoms with E-state index < -0.39 is 11.5 Å². The van der Waals surface area contributed by atoms with Gasteiger partial charge in [-0.25, -0.2) is 9.78 Å². The van der Waals surface area contributed by atoms with Gasteiger partial charge >= 0.3 is 5.97 Å². The minimum Gasteiger partial charge on any atom is -0.462 e. The molecule has 0 saturated carbocycles. The maximum Gasteiger partial charge on any atom is 0.345 e. The van der Waals surface area contributed by atoms with Crippen LogP contribution in [0.15, 0.2) is 40.4 Å². The summed E-state index contributed by atoms with van der Waals surface area (Å²) in [6, 6.07) is 7.47. The fraction of sp³-hybridized carbons (Fsp3) is 0.267. The molecule has 0 radical (unpaired) electrons. The average molecular weight is 304 g/mol. The minimum absolute atomic E-state index is 0.0575. The Kier molecular flexibility index (Phi) is 4.80. The molecule has 0 N–H and O–H groups in total. The van der Waals surface area contributed by atoms with E-state index in [9.17, 15) is 9.59 Å². The van der Waals surface area contributed by atoms with E-state index in [-0.39, 0.29) is 12.2 Å². The molecular formula is C15H16N2O3S. The smallest absolute Gasteiger partial charge is 0.345 e. The van der Waals surface area contributed by atoms with E-state index in [0.29, 0.717) is 10.8 Å². The molecular weight excluding hydrogens is 288 g/mol. The highest BCUT2D eigenvalue weighted by Crippen LogP contribution is 2.18. The molecule has 2 aromatic rings. The predicted molar refractivity (Wildman–Crippen MR) is 82.3 cm³/mol. The summed E-state index contributed by atoms with van der Waals surface area (Å²) in [5.74, 6) is -0.648. The Morgan fingerprint density at radius 2 is 2.10 bits per heavy atom. The molecule has 0 atom stereocenters. The third kappa shape index (κ3) is 3.00. The lowest BCUT2D eigenvalue weighted by Gasteiger charge is -2.13. The molecule has 0 aliphatic heterocycles. The number of nitrogens with zero attached hydrogens (tertiary/aromatic N) is 2. The molecule has 0 aliphatic carbocycles. The van der Waals surface area contributed by atoms with Gasteiger partial charge < -0.3 is 4.74 Å². The molecule has 0 amide bonds. The fourth-order valence-electron chi connectivity index (χ4n) is 1.96. The standard InChI is InChI=1S/C15H16N2O3S/c1-4-20-14(19)11-9-16-15(21-3)17(13(11)18)12-8-6-5-7-10(12)2/h5-9H,4H2,1-3H3. The molecule has 1 heterocycles. The van der Waals surface area contributed by atoms with E-state index in [1.54, 1.807) is 6.92 Å². The van der Waals surface area contributed by atoms with Gasteiger partial charge in [0.1, 0.15) is 5.56 Å². The molecule has 1 aromatic carbocycles. The van der Waals surface area contributed by atoms with Gasteiger partial charge in [0.05, 0.1) is 18.5 Å². The quantitative estimate of drug-likeness (QED) is 0.493. The van der Waals surface area contributed by atoms with Gasteiger partial charge in [-0.3, -0.25) is 9.36 Å². The molecule has 1 aromatic heterocycles. The van der Waals surface area contributed by atoms with Crippen LogP contribution in [0.4, 0.5) is 0 Å². The van der Waals surface area contributed by atoms with Crippen molar-refractivity contribution in [1.29, 1.82) is 0 Å². The summed E-state index contributed by atoms with van der Waals surface area (Å²) in [6.45, 7) is 3.82. The molecule has 5 nitrogen and oxygen atoms in total. The number of rotatable bonds is 4. The number of aryl methyl sites for hydroxylation is 1. The molecule has 110 valence electrons. The largest absolute Gasteiger partial charge is 0.462 e. The SMILES string of the molecule is CCOC(=O)c1cnc(SC)n(-c2ccccc2C)c1=O. The number of ether oxygens (including phenoxy) is 1. The molecule has 0 saturated heterocycles. The topological polar surface area (TPSA) is 61.2 Å². The first-order valence-electron chi connectivity index (χ1n) is 6.49. The second kappa shape index (κ2) is 6.58. The maximum atomic E-state index is 12.6. The van der Waals surface area contributed by atoms with Crippen LogP contribution in [-0.4, -0.2) is 28.4 Å². The first-order valence-corrected chi connectivity index (χ1v) is 7.71.